The average molecular weight is 474 g/mol. The number of epoxide rings is 1. The molecule has 0 saturated carbocycles. The molecule has 0 amide bonds. The Kier molecular flexibility index (Phi) is 5.15. The van der Waals surface area contributed by atoms with E-state index in [9.17, 15) is 17.6 Å². The van der Waals surface area contributed by atoms with Gasteiger partial charge in [0.2, 0.25) is 10.0 Å². The van der Waals surface area contributed by atoms with Gasteiger partial charge in [-0.1, -0.05) is 12.1 Å². The average Bonchev–Trinajstić information content (AvgIpc) is 3.56. The Hall–Kier alpha value is -3.35. The predicted octanol–water partition coefficient (Wildman–Crippen LogP) is 1.29. The molecule has 12 heteroatoms. The van der Waals surface area contributed by atoms with Gasteiger partial charge in [0.15, 0.2) is 17.2 Å². The standard InChI is InChI=1S/C21H19FN4O6S/c1-30-21-15(22)6-14-19-16(7-24-20(14)25-21)32-18(27)9-26(19)8-11-2-3-17(33(23,28)29)12(4-11)5-13-10-31-13/h2-4,6-7,13H,5,8-10H2,1H3,(H2,23,28,29). The number of ether oxygens (including phenoxy) is 3. The zero-order valence-corrected chi connectivity index (χ0v) is 18.3. The van der Waals surface area contributed by atoms with Crippen LogP contribution in [-0.4, -0.2) is 50.7 Å². The molecule has 0 aliphatic carbocycles. The Balaban J connectivity index is 1.57. The second-order valence-corrected chi connectivity index (χ2v) is 9.33. The number of carbonyl (C=O) groups is 1. The second kappa shape index (κ2) is 7.90. The molecule has 0 bridgehead atoms. The van der Waals surface area contributed by atoms with Crippen LogP contribution in [0.4, 0.5) is 10.1 Å². The van der Waals surface area contributed by atoms with Crippen LogP contribution in [-0.2, 0) is 32.5 Å². The van der Waals surface area contributed by atoms with Gasteiger partial charge < -0.3 is 19.1 Å². The summed E-state index contributed by atoms with van der Waals surface area (Å²) in [5.74, 6) is -1.20. The molecule has 1 atom stereocenters. The smallest absolute Gasteiger partial charge is 0.331 e. The molecule has 2 aliphatic heterocycles. The third-order valence-electron chi connectivity index (χ3n) is 5.42. The van der Waals surface area contributed by atoms with Crippen LogP contribution < -0.4 is 19.5 Å². The number of benzene rings is 1. The third kappa shape index (κ3) is 4.19. The summed E-state index contributed by atoms with van der Waals surface area (Å²) in [7, 11) is -2.61. The first kappa shape index (κ1) is 21.5. The molecule has 1 unspecified atom stereocenters. The summed E-state index contributed by atoms with van der Waals surface area (Å²) < 4.78 is 53.9. The summed E-state index contributed by atoms with van der Waals surface area (Å²) in [5, 5.41) is 5.72. The highest BCUT2D eigenvalue weighted by Gasteiger charge is 2.30. The lowest BCUT2D eigenvalue weighted by Crippen LogP contribution is -2.36. The van der Waals surface area contributed by atoms with Crippen LogP contribution in [0.1, 0.15) is 11.1 Å². The number of fused-ring (bicyclic) bond motifs is 3. The van der Waals surface area contributed by atoms with Crippen molar-refractivity contribution in [2.75, 3.05) is 25.2 Å². The van der Waals surface area contributed by atoms with E-state index in [1.165, 1.54) is 25.4 Å². The van der Waals surface area contributed by atoms with Crippen molar-refractivity contribution in [1.82, 2.24) is 9.97 Å². The highest BCUT2D eigenvalue weighted by atomic mass is 32.2. The number of rotatable bonds is 6. The van der Waals surface area contributed by atoms with E-state index in [1.807, 2.05) is 0 Å². The molecule has 33 heavy (non-hydrogen) atoms. The number of hydrogen-bond acceptors (Lipinski definition) is 9. The fraction of sp³-hybridized carbons (Fsp3) is 0.286. The fourth-order valence-electron chi connectivity index (χ4n) is 3.94. The first-order valence-electron chi connectivity index (χ1n) is 9.98. The largest absolute Gasteiger partial charge is 0.479 e. The van der Waals surface area contributed by atoms with E-state index >= 15 is 0 Å². The lowest BCUT2D eigenvalue weighted by molar-refractivity contribution is -0.133. The molecule has 5 rings (SSSR count). The van der Waals surface area contributed by atoms with Gasteiger partial charge >= 0.3 is 5.97 Å². The Bertz CT molecular complexity index is 1390. The minimum Gasteiger partial charge on any atom is -0.479 e. The molecule has 0 radical (unpaired) electrons. The SMILES string of the molecule is COc1nc2ncc3c(c2cc1F)N(Cc1ccc(S(N)(=O)=O)c(CC2CO2)c1)CC(=O)O3. The van der Waals surface area contributed by atoms with Crippen molar-refractivity contribution < 1.29 is 31.8 Å². The molecular formula is C21H19FN4O6S. The molecule has 1 aromatic carbocycles. The maximum Gasteiger partial charge on any atom is 0.331 e. The van der Waals surface area contributed by atoms with Crippen molar-refractivity contribution in [1.29, 1.82) is 0 Å². The van der Waals surface area contributed by atoms with Crippen LogP contribution in [0.3, 0.4) is 0 Å². The number of aromatic nitrogens is 2. The molecule has 2 aliphatic rings. The Labute approximate surface area is 188 Å². The number of halogens is 1. The highest BCUT2D eigenvalue weighted by molar-refractivity contribution is 7.89. The molecule has 1 fully saturated rings. The van der Waals surface area contributed by atoms with Crippen molar-refractivity contribution in [3.05, 3.63) is 47.4 Å². The zero-order valence-electron chi connectivity index (χ0n) is 17.4. The summed E-state index contributed by atoms with van der Waals surface area (Å²) in [6.07, 6.45) is 1.71. The van der Waals surface area contributed by atoms with Gasteiger partial charge in [0, 0.05) is 18.4 Å². The number of esters is 1. The molecule has 3 aromatic rings. The summed E-state index contributed by atoms with van der Waals surface area (Å²) in [4.78, 5) is 22.2. The number of nitrogens with two attached hydrogens (primary N) is 1. The van der Waals surface area contributed by atoms with E-state index in [2.05, 4.69) is 9.97 Å². The zero-order chi connectivity index (χ0) is 23.3. The van der Waals surface area contributed by atoms with E-state index in [0.29, 0.717) is 29.7 Å². The van der Waals surface area contributed by atoms with Crippen LogP contribution in [0.2, 0.25) is 0 Å². The summed E-state index contributed by atoms with van der Waals surface area (Å²) in [5.41, 5.74) is 1.95. The van der Waals surface area contributed by atoms with E-state index in [-0.39, 0.29) is 41.4 Å². The van der Waals surface area contributed by atoms with Gasteiger partial charge in [-0.3, -0.25) is 0 Å². The third-order valence-corrected chi connectivity index (χ3v) is 6.44. The number of anilines is 1. The Morgan fingerprint density at radius 2 is 2.12 bits per heavy atom. The van der Waals surface area contributed by atoms with Gasteiger partial charge in [-0.05, 0) is 23.3 Å². The molecule has 0 spiro atoms. The topological polar surface area (TPSA) is 137 Å². The van der Waals surface area contributed by atoms with E-state index in [1.54, 1.807) is 17.0 Å². The number of sulfonamides is 1. The van der Waals surface area contributed by atoms with Crippen molar-refractivity contribution in [3.8, 4) is 11.6 Å². The molecular weight excluding hydrogens is 455 g/mol. The Morgan fingerprint density at radius 1 is 1.33 bits per heavy atom. The van der Waals surface area contributed by atoms with Gasteiger partial charge in [-0.25, -0.2) is 27.7 Å². The molecule has 4 heterocycles. The maximum atomic E-state index is 14.4. The van der Waals surface area contributed by atoms with Crippen LogP contribution in [0, 0.1) is 5.82 Å². The van der Waals surface area contributed by atoms with Gasteiger partial charge in [0.05, 0.1) is 36.6 Å². The van der Waals surface area contributed by atoms with Crippen LogP contribution in [0.25, 0.3) is 11.0 Å². The number of nitrogens with zero attached hydrogens (tertiary/aromatic N) is 3. The number of pyridine rings is 2. The van der Waals surface area contributed by atoms with Crippen molar-refractivity contribution in [3.63, 3.8) is 0 Å². The molecule has 10 nitrogen and oxygen atoms in total. The van der Waals surface area contributed by atoms with Crippen molar-refractivity contribution in [2.24, 2.45) is 5.14 Å². The number of hydrogen-bond donors (Lipinski definition) is 1. The van der Waals surface area contributed by atoms with Crippen LogP contribution >= 0.6 is 0 Å². The molecule has 2 N–H and O–H groups in total. The number of primary sulfonamides is 1. The van der Waals surface area contributed by atoms with Crippen molar-refractivity contribution in [2.45, 2.75) is 24.0 Å². The minimum absolute atomic E-state index is 0.0354. The number of carbonyl (C=O) groups excluding carboxylic acids is 1. The summed E-state index contributed by atoms with van der Waals surface area (Å²) in [6, 6.07) is 6.04. The van der Waals surface area contributed by atoms with Gasteiger partial charge in [-0.2, -0.15) is 4.98 Å². The minimum atomic E-state index is -3.91. The van der Waals surface area contributed by atoms with Crippen molar-refractivity contribution >= 4 is 32.7 Å². The van der Waals surface area contributed by atoms with E-state index in [0.717, 1.165) is 5.56 Å². The van der Waals surface area contributed by atoms with E-state index in [4.69, 9.17) is 19.3 Å². The van der Waals surface area contributed by atoms with Gasteiger partial charge in [0.1, 0.15) is 6.54 Å². The molecule has 172 valence electrons. The monoisotopic (exact) mass is 474 g/mol. The second-order valence-electron chi connectivity index (χ2n) is 7.80. The van der Waals surface area contributed by atoms with Gasteiger partial charge in [-0.15, -0.1) is 0 Å². The lowest BCUT2D eigenvalue weighted by atomic mass is 10.1. The normalized spacial score (nSPS) is 17.6. The maximum absolute atomic E-state index is 14.4. The summed E-state index contributed by atoms with van der Waals surface area (Å²) in [6.45, 7) is 0.677. The first-order valence-corrected chi connectivity index (χ1v) is 11.5. The fourth-order valence-corrected chi connectivity index (χ4v) is 4.70. The molecule has 2 aromatic heterocycles. The molecule has 1 saturated heterocycles. The highest BCUT2D eigenvalue weighted by Crippen LogP contribution is 2.39. The summed E-state index contributed by atoms with van der Waals surface area (Å²) >= 11 is 0. The Morgan fingerprint density at radius 3 is 2.82 bits per heavy atom. The first-order chi connectivity index (χ1) is 15.7. The lowest BCUT2D eigenvalue weighted by Gasteiger charge is -2.30. The predicted molar refractivity (Wildman–Crippen MR) is 114 cm³/mol. The van der Waals surface area contributed by atoms with Gasteiger partial charge in [0.25, 0.3) is 5.88 Å². The van der Waals surface area contributed by atoms with E-state index < -0.39 is 21.8 Å². The quantitative estimate of drug-likeness (QED) is 0.414. The number of methoxy groups -OCH3 is 1. The van der Waals surface area contributed by atoms with Crippen LogP contribution in [0.5, 0.6) is 11.6 Å². The van der Waals surface area contributed by atoms with Crippen LogP contribution in [0.15, 0.2) is 35.4 Å².